The number of nitrogens with zero attached hydrogens (tertiary/aromatic N) is 1. The Morgan fingerprint density at radius 2 is 1.15 bits per heavy atom. The van der Waals surface area contributed by atoms with Gasteiger partial charge in [-0.05, 0) is 31.2 Å². The standard InChI is InChI=1S/C9H11NO2.C6H14N4O2.C5H9NO4.C5H9NO3.2C2H5NO2/c10-8(9(11)12)6-7-4-2-1-3-5-7;7-4(5(11)12)2-1-3-10-6(8)9;6-3(5(9)10)1-2-4(7)8;7-3-1-4(5(8)9)6-2-3;2*3-1-2(4)5/h1-5,8H,6,10H2,(H,11,12);4H,1-3,7H2,(H,11,12)(H4,8,9,10);3H,1-2,6H2,(H,7,8)(H,9,10);3-4,6-7H,1-2H2,(H,8,9);2*1,3H2,(H,4,5)/t8-;4-;3-;3-,4+;;/m0001../s1. The molecule has 24 heteroatoms. The van der Waals surface area contributed by atoms with Gasteiger partial charge >= 0.3 is 41.8 Å². The molecule has 0 unspecified atom stereocenters. The molecule has 0 saturated carbocycles. The Morgan fingerprint density at radius 3 is 1.45 bits per heavy atom. The van der Waals surface area contributed by atoms with Crippen molar-refractivity contribution in [1.29, 1.82) is 0 Å². The molecule has 0 aliphatic carbocycles. The summed E-state index contributed by atoms with van der Waals surface area (Å²) < 4.78 is 0. The summed E-state index contributed by atoms with van der Waals surface area (Å²) in [6.07, 6.45) is 0.965. The Bertz CT molecular complexity index is 1240. The first-order chi connectivity index (χ1) is 24.5. The second-order valence-electron chi connectivity index (χ2n) is 10.3. The summed E-state index contributed by atoms with van der Waals surface area (Å²) in [7, 11) is 0. The summed E-state index contributed by atoms with van der Waals surface area (Å²) in [6, 6.07) is 6.12. The summed E-state index contributed by atoms with van der Waals surface area (Å²) in [6.45, 7) is 0.264. The van der Waals surface area contributed by atoms with Crippen molar-refractivity contribution in [3.8, 4) is 0 Å². The van der Waals surface area contributed by atoms with Crippen molar-refractivity contribution < 1.29 is 74.4 Å². The van der Waals surface area contributed by atoms with E-state index >= 15 is 0 Å². The monoisotopic (exact) mass is 767 g/mol. The van der Waals surface area contributed by atoms with Crippen LogP contribution in [0.1, 0.15) is 37.7 Å². The summed E-state index contributed by atoms with van der Waals surface area (Å²) in [4.78, 5) is 72.8. The third-order valence-corrected chi connectivity index (χ3v) is 5.64. The van der Waals surface area contributed by atoms with Crippen LogP contribution in [0.3, 0.4) is 0 Å². The highest BCUT2D eigenvalue weighted by atomic mass is 16.4. The number of carboxylic acid groups (broad SMARTS) is 7. The van der Waals surface area contributed by atoms with Gasteiger partial charge in [0.15, 0.2) is 5.96 Å². The number of carboxylic acids is 7. The van der Waals surface area contributed by atoms with Crippen molar-refractivity contribution in [1.82, 2.24) is 5.32 Å². The molecule has 23 N–H and O–H groups in total. The van der Waals surface area contributed by atoms with E-state index in [9.17, 15) is 33.6 Å². The van der Waals surface area contributed by atoms with Gasteiger partial charge in [0.05, 0.1) is 19.2 Å². The molecular formula is C29H53N9O15. The van der Waals surface area contributed by atoms with E-state index < -0.39 is 72.1 Å². The van der Waals surface area contributed by atoms with Crippen LogP contribution in [0.25, 0.3) is 0 Å². The molecule has 304 valence electrons. The third-order valence-electron chi connectivity index (χ3n) is 5.64. The van der Waals surface area contributed by atoms with Crippen molar-refractivity contribution in [3.05, 3.63) is 35.9 Å². The highest BCUT2D eigenvalue weighted by Gasteiger charge is 2.27. The van der Waals surface area contributed by atoms with Gasteiger partial charge in [0.1, 0.15) is 24.2 Å². The topological polar surface area (TPSA) is 488 Å². The third kappa shape index (κ3) is 40.8. The minimum Gasteiger partial charge on any atom is -0.481 e. The number of aliphatic imine (C=N–C) groups is 1. The number of nitrogens with one attached hydrogen (secondary N) is 1. The van der Waals surface area contributed by atoms with Crippen molar-refractivity contribution in [2.75, 3.05) is 26.2 Å². The predicted molar refractivity (Wildman–Crippen MR) is 187 cm³/mol. The highest BCUT2D eigenvalue weighted by Crippen LogP contribution is 2.05. The van der Waals surface area contributed by atoms with Gasteiger partial charge in [-0.2, -0.15) is 0 Å². The minimum absolute atomic E-state index is 0.0129. The normalized spacial score (nSPS) is 15.2. The molecule has 1 saturated heterocycles. The molecule has 1 fully saturated rings. The number of hydrogen-bond donors (Lipinski definition) is 16. The van der Waals surface area contributed by atoms with Gasteiger partial charge in [0.2, 0.25) is 0 Å². The minimum atomic E-state index is -1.17. The average Bonchev–Trinajstić information content (AvgIpc) is 3.53. The number of β-amino-alcohol motifs (C(OH)–C–C–N with tert-alkyl or cyclic N) is 1. The van der Waals surface area contributed by atoms with Crippen LogP contribution < -0.4 is 45.5 Å². The van der Waals surface area contributed by atoms with E-state index in [1.54, 1.807) is 0 Å². The molecule has 24 nitrogen and oxygen atoms in total. The SMILES string of the molecule is NC(N)=NCCC[C@H](N)C(=O)O.NCC(=O)O.NCC(=O)O.N[C@@H](CCC(=O)O)C(=O)O.N[C@@H](Cc1ccccc1)C(=O)O.O=C(O)[C@@H]1C[C@@H](O)CN1. The zero-order valence-electron chi connectivity index (χ0n) is 28.8. The van der Waals surface area contributed by atoms with Crippen LogP contribution in [-0.2, 0) is 40.0 Å². The van der Waals surface area contributed by atoms with Crippen LogP contribution in [0.2, 0.25) is 0 Å². The molecule has 0 bridgehead atoms. The fourth-order valence-electron chi connectivity index (χ4n) is 2.91. The molecule has 0 amide bonds. The molecule has 0 aromatic heterocycles. The second-order valence-corrected chi connectivity index (χ2v) is 10.3. The van der Waals surface area contributed by atoms with Crippen LogP contribution in [0, 0.1) is 0 Å². The van der Waals surface area contributed by atoms with Crippen molar-refractivity contribution in [3.63, 3.8) is 0 Å². The maximum absolute atomic E-state index is 10.4. The van der Waals surface area contributed by atoms with Gasteiger partial charge in [-0.1, -0.05) is 30.3 Å². The zero-order chi connectivity index (χ0) is 42.1. The Kier molecular flexibility index (Phi) is 34.4. The van der Waals surface area contributed by atoms with E-state index in [0.717, 1.165) is 5.56 Å². The average molecular weight is 768 g/mol. The largest absolute Gasteiger partial charge is 0.481 e. The van der Waals surface area contributed by atoms with E-state index in [1.807, 2.05) is 30.3 Å². The van der Waals surface area contributed by atoms with Crippen molar-refractivity contribution in [2.24, 2.45) is 45.1 Å². The van der Waals surface area contributed by atoms with E-state index in [1.165, 1.54) is 0 Å². The fraction of sp³-hybridized carbons (Fsp3) is 0.517. The van der Waals surface area contributed by atoms with Gasteiger partial charge in [-0.3, -0.25) is 38.6 Å². The lowest BCUT2D eigenvalue weighted by atomic mass is 10.1. The first-order valence-corrected chi connectivity index (χ1v) is 15.3. The molecule has 1 aliphatic rings. The fourth-order valence-corrected chi connectivity index (χ4v) is 2.91. The molecule has 53 heavy (non-hydrogen) atoms. The Morgan fingerprint density at radius 1 is 0.717 bits per heavy atom. The molecule has 5 atom stereocenters. The number of rotatable bonds is 15. The maximum atomic E-state index is 10.4. The Labute approximate surface area is 303 Å². The first kappa shape index (κ1) is 54.3. The number of aliphatic carboxylic acids is 7. The number of guanidine groups is 1. The molecule has 1 aromatic carbocycles. The van der Waals surface area contributed by atoms with Gasteiger partial charge in [0, 0.05) is 25.9 Å². The van der Waals surface area contributed by atoms with Crippen molar-refractivity contribution in [2.45, 2.75) is 68.8 Å². The highest BCUT2D eigenvalue weighted by molar-refractivity contribution is 5.76. The number of benzene rings is 1. The summed E-state index contributed by atoms with van der Waals surface area (Å²) in [5.74, 6) is -6.96. The van der Waals surface area contributed by atoms with Gasteiger partial charge < -0.3 is 86.3 Å². The Balaban J connectivity index is -0.000000280. The predicted octanol–water partition coefficient (Wildman–Crippen LogP) is -4.79. The smallest absolute Gasteiger partial charge is 0.320 e. The molecular weight excluding hydrogens is 714 g/mol. The van der Waals surface area contributed by atoms with E-state index in [4.69, 9.17) is 69.5 Å². The zero-order valence-corrected chi connectivity index (χ0v) is 28.8. The lowest BCUT2D eigenvalue weighted by Crippen LogP contribution is -2.32. The van der Waals surface area contributed by atoms with E-state index in [-0.39, 0.29) is 31.9 Å². The van der Waals surface area contributed by atoms with Crippen LogP contribution >= 0.6 is 0 Å². The number of aliphatic hydroxyl groups excluding tert-OH is 1. The van der Waals surface area contributed by atoms with E-state index in [0.29, 0.717) is 38.8 Å². The lowest BCUT2D eigenvalue weighted by molar-refractivity contribution is -0.141. The molecule has 0 radical (unpaired) electrons. The van der Waals surface area contributed by atoms with Crippen LogP contribution in [0.4, 0.5) is 0 Å². The Hall–Kier alpha value is -5.50. The first-order valence-electron chi connectivity index (χ1n) is 15.3. The molecule has 1 aromatic rings. The molecule has 1 heterocycles. The number of carbonyl (C=O) groups is 7. The van der Waals surface area contributed by atoms with E-state index in [2.05, 4.69) is 21.8 Å². The van der Waals surface area contributed by atoms with Gasteiger partial charge in [0.25, 0.3) is 0 Å². The molecule has 1 aliphatic heterocycles. The number of aliphatic hydroxyl groups is 1. The number of nitrogens with two attached hydrogens (primary N) is 7. The van der Waals surface area contributed by atoms with Crippen LogP contribution in [0.5, 0.6) is 0 Å². The summed E-state index contributed by atoms with van der Waals surface area (Å²) in [5, 5.41) is 68.2. The quantitative estimate of drug-likeness (QED) is 0.0452. The van der Waals surface area contributed by atoms with Crippen LogP contribution in [-0.4, -0.2) is 145 Å². The molecule has 0 spiro atoms. The van der Waals surface area contributed by atoms with Gasteiger partial charge in [-0.25, -0.2) is 0 Å². The van der Waals surface area contributed by atoms with Crippen molar-refractivity contribution >= 4 is 47.7 Å². The summed E-state index contributed by atoms with van der Waals surface area (Å²) >= 11 is 0. The van der Waals surface area contributed by atoms with Crippen LogP contribution in [0.15, 0.2) is 35.3 Å². The molecule has 2 rings (SSSR count). The maximum Gasteiger partial charge on any atom is 0.320 e. The van der Waals surface area contributed by atoms with Gasteiger partial charge in [-0.15, -0.1) is 0 Å². The number of hydrogen-bond acceptors (Lipinski definition) is 15. The second kappa shape index (κ2) is 33.6. The summed E-state index contributed by atoms with van der Waals surface area (Å²) in [5.41, 5.74) is 35.8. The lowest BCUT2D eigenvalue weighted by Gasteiger charge is -2.04.